The number of carbonyl (C=O) groups excluding carboxylic acids is 2. The molecule has 0 aliphatic rings. The quantitative estimate of drug-likeness (QED) is 0.826. The van der Waals surface area contributed by atoms with Crippen molar-refractivity contribution in [3.05, 3.63) is 41.5 Å². The van der Waals surface area contributed by atoms with Gasteiger partial charge in [0, 0.05) is 11.3 Å². The van der Waals surface area contributed by atoms with E-state index in [1.807, 2.05) is 13.8 Å². The average molecular weight is 316 g/mol. The van der Waals surface area contributed by atoms with Gasteiger partial charge in [-0.25, -0.2) is 4.79 Å². The third kappa shape index (κ3) is 4.38. The molecular formula is C16H20N4O3. The summed E-state index contributed by atoms with van der Waals surface area (Å²) in [5.74, 6) is 0.895. The predicted molar refractivity (Wildman–Crippen MR) is 85.2 cm³/mol. The van der Waals surface area contributed by atoms with Gasteiger partial charge >= 0.3 is 6.03 Å². The van der Waals surface area contributed by atoms with E-state index in [1.54, 1.807) is 31.2 Å². The molecule has 2 aromatic rings. The van der Waals surface area contributed by atoms with Gasteiger partial charge in [-0.05, 0) is 31.9 Å². The lowest BCUT2D eigenvalue weighted by Crippen LogP contribution is -2.35. The third-order valence-corrected chi connectivity index (χ3v) is 3.29. The molecule has 2 amide bonds. The molecule has 1 heterocycles. The van der Waals surface area contributed by atoms with Crippen molar-refractivity contribution in [2.75, 3.05) is 5.32 Å². The van der Waals surface area contributed by atoms with E-state index in [-0.39, 0.29) is 11.7 Å². The highest BCUT2D eigenvalue weighted by atomic mass is 16.5. The first-order valence-electron chi connectivity index (χ1n) is 7.35. The van der Waals surface area contributed by atoms with Gasteiger partial charge in [-0.1, -0.05) is 31.1 Å². The number of nitrogens with zero attached hydrogens (tertiary/aromatic N) is 2. The van der Waals surface area contributed by atoms with Crippen molar-refractivity contribution in [3.63, 3.8) is 0 Å². The summed E-state index contributed by atoms with van der Waals surface area (Å²) >= 11 is 0. The van der Waals surface area contributed by atoms with Crippen molar-refractivity contribution in [1.82, 2.24) is 15.5 Å². The SMILES string of the molecule is CC(=O)c1cccc(NC(=O)N[C@@H](c2nc(C)no2)C(C)C)c1. The van der Waals surface area contributed by atoms with Crippen LogP contribution in [0.5, 0.6) is 0 Å². The van der Waals surface area contributed by atoms with Crippen molar-refractivity contribution in [2.45, 2.75) is 33.7 Å². The van der Waals surface area contributed by atoms with E-state index in [0.717, 1.165) is 0 Å². The second kappa shape index (κ2) is 7.04. The van der Waals surface area contributed by atoms with Crippen LogP contribution in [0.2, 0.25) is 0 Å². The second-order valence-electron chi connectivity index (χ2n) is 5.64. The summed E-state index contributed by atoms with van der Waals surface area (Å²) in [4.78, 5) is 27.7. The van der Waals surface area contributed by atoms with Crippen molar-refractivity contribution >= 4 is 17.5 Å². The number of benzene rings is 1. The maximum atomic E-state index is 12.2. The average Bonchev–Trinajstić information content (AvgIpc) is 2.91. The van der Waals surface area contributed by atoms with Gasteiger partial charge in [-0.2, -0.15) is 4.98 Å². The maximum Gasteiger partial charge on any atom is 0.319 e. The molecule has 23 heavy (non-hydrogen) atoms. The Morgan fingerprint density at radius 3 is 2.57 bits per heavy atom. The van der Waals surface area contributed by atoms with Crippen LogP contribution in [0.3, 0.4) is 0 Å². The van der Waals surface area contributed by atoms with E-state index >= 15 is 0 Å². The maximum absolute atomic E-state index is 12.2. The van der Waals surface area contributed by atoms with Gasteiger partial charge in [0.1, 0.15) is 6.04 Å². The van der Waals surface area contributed by atoms with Gasteiger partial charge in [0.25, 0.3) is 0 Å². The third-order valence-electron chi connectivity index (χ3n) is 3.29. The summed E-state index contributed by atoms with van der Waals surface area (Å²) in [6.07, 6.45) is 0. The Bertz CT molecular complexity index is 709. The van der Waals surface area contributed by atoms with Crippen LogP contribution in [0.25, 0.3) is 0 Å². The van der Waals surface area contributed by atoms with Crippen LogP contribution in [0, 0.1) is 12.8 Å². The van der Waals surface area contributed by atoms with E-state index < -0.39 is 12.1 Å². The number of aromatic nitrogens is 2. The van der Waals surface area contributed by atoms with Gasteiger partial charge in [0.05, 0.1) is 0 Å². The Hall–Kier alpha value is -2.70. The fourth-order valence-electron chi connectivity index (χ4n) is 2.08. The van der Waals surface area contributed by atoms with Gasteiger partial charge < -0.3 is 15.2 Å². The van der Waals surface area contributed by atoms with Gasteiger partial charge in [0.15, 0.2) is 11.6 Å². The zero-order chi connectivity index (χ0) is 17.0. The van der Waals surface area contributed by atoms with Crippen LogP contribution < -0.4 is 10.6 Å². The lowest BCUT2D eigenvalue weighted by Gasteiger charge is -2.19. The van der Waals surface area contributed by atoms with Crippen LogP contribution in [0.1, 0.15) is 48.9 Å². The highest BCUT2D eigenvalue weighted by molar-refractivity contribution is 5.96. The van der Waals surface area contributed by atoms with Crippen LogP contribution in [-0.2, 0) is 0 Å². The van der Waals surface area contributed by atoms with Crippen molar-refractivity contribution in [3.8, 4) is 0 Å². The molecule has 7 nitrogen and oxygen atoms in total. The normalized spacial score (nSPS) is 12.0. The number of carbonyl (C=O) groups is 2. The second-order valence-corrected chi connectivity index (χ2v) is 5.64. The Balaban J connectivity index is 2.08. The standard InChI is InChI=1S/C16H20N4O3/c1-9(2)14(15-17-11(4)20-23-15)19-16(22)18-13-7-5-6-12(8-13)10(3)21/h5-9,14H,1-4H3,(H2,18,19,22)/t14-/m1/s1. The number of Topliss-reactive ketones (excluding diaryl/α,β-unsaturated/α-hetero) is 1. The smallest absolute Gasteiger partial charge is 0.319 e. The number of hydrogen-bond donors (Lipinski definition) is 2. The summed E-state index contributed by atoms with van der Waals surface area (Å²) in [6, 6.07) is 5.96. The first kappa shape index (κ1) is 16.7. The van der Waals surface area contributed by atoms with Crippen LogP contribution in [0.15, 0.2) is 28.8 Å². The Morgan fingerprint density at radius 2 is 2.00 bits per heavy atom. The van der Waals surface area contributed by atoms with E-state index in [4.69, 9.17) is 4.52 Å². The van der Waals surface area contributed by atoms with Crippen LogP contribution in [-0.4, -0.2) is 22.0 Å². The highest BCUT2D eigenvalue weighted by Gasteiger charge is 2.24. The summed E-state index contributed by atoms with van der Waals surface area (Å²) in [7, 11) is 0. The molecule has 0 saturated heterocycles. The molecule has 1 aromatic heterocycles. The number of rotatable bonds is 5. The summed E-state index contributed by atoms with van der Waals surface area (Å²) in [6.45, 7) is 7.09. The molecule has 2 rings (SSSR count). The molecule has 1 atom stereocenters. The number of aryl methyl sites for hydroxylation is 1. The summed E-state index contributed by atoms with van der Waals surface area (Å²) < 4.78 is 5.14. The Morgan fingerprint density at radius 1 is 1.26 bits per heavy atom. The molecule has 0 spiro atoms. The van der Waals surface area contributed by atoms with Gasteiger partial charge in [-0.15, -0.1) is 0 Å². The molecule has 0 bridgehead atoms. The first-order valence-corrected chi connectivity index (χ1v) is 7.35. The van der Waals surface area contributed by atoms with E-state index in [9.17, 15) is 9.59 Å². The Kier molecular flexibility index (Phi) is 5.10. The molecule has 0 unspecified atom stereocenters. The molecule has 1 aromatic carbocycles. The van der Waals surface area contributed by atoms with Gasteiger partial charge in [0.2, 0.25) is 5.89 Å². The minimum Gasteiger partial charge on any atom is -0.337 e. The van der Waals surface area contributed by atoms with Crippen molar-refractivity contribution < 1.29 is 14.1 Å². The molecule has 122 valence electrons. The molecule has 0 aliphatic heterocycles. The summed E-state index contributed by atoms with van der Waals surface area (Å²) in [5.41, 5.74) is 1.08. The van der Waals surface area contributed by atoms with Crippen LogP contribution >= 0.6 is 0 Å². The summed E-state index contributed by atoms with van der Waals surface area (Å²) in [5, 5.41) is 9.27. The first-order chi connectivity index (χ1) is 10.9. The van der Waals surface area contributed by atoms with Crippen molar-refractivity contribution in [1.29, 1.82) is 0 Å². The fourth-order valence-corrected chi connectivity index (χ4v) is 2.08. The number of ketones is 1. The van der Waals surface area contributed by atoms with E-state index in [0.29, 0.717) is 23.0 Å². The molecule has 0 aliphatic carbocycles. The van der Waals surface area contributed by atoms with Crippen LogP contribution in [0.4, 0.5) is 10.5 Å². The Labute approximate surface area is 134 Å². The monoisotopic (exact) mass is 316 g/mol. The molecule has 7 heteroatoms. The molecule has 0 radical (unpaired) electrons. The number of hydrogen-bond acceptors (Lipinski definition) is 5. The molecule has 0 fully saturated rings. The topological polar surface area (TPSA) is 97.1 Å². The number of amides is 2. The van der Waals surface area contributed by atoms with E-state index in [1.165, 1.54) is 6.92 Å². The van der Waals surface area contributed by atoms with E-state index in [2.05, 4.69) is 20.8 Å². The molecule has 2 N–H and O–H groups in total. The minimum atomic E-state index is -0.403. The predicted octanol–water partition coefficient (Wildman–Crippen LogP) is 3.10. The zero-order valence-corrected chi connectivity index (χ0v) is 13.6. The zero-order valence-electron chi connectivity index (χ0n) is 13.6. The fraction of sp³-hybridized carbons (Fsp3) is 0.375. The minimum absolute atomic E-state index is 0.0598. The lowest BCUT2D eigenvalue weighted by molar-refractivity contribution is 0.101. The number of anilines is 1. The van der Waals surface area contributed by atoms with Crippen molar-refractivity contribution in [2.24, 2.45) is 5.92 Å². The van der Waals surface area contributed by atoms with Gasteiger partial charge in [-0.3, -0.25) is 4.79 Å². The molecular weight excluding hydrogens is 296 g/mol. The lowest BCUT2D eigenvalue weighted by atomic mass is 10.0. The highest BCUT2D eigenvalue weighted by Crippen LogP contribution is 2.20. The number of nitrogens with one attached hydrogen (secondary N) is 2. The number of urea groups is 1. The largest absolute Gasteiger partial charge is 0.337 e. The molecule has 0 saturated carbocycles.